The van der Waals surface area contributed by atoms with E-state index in [2.05, 4.69) is 10.1 Å². The molecule has 168 valence electrons. The Kier molecular flexibility index (Phi) is 5.39. The van der Waals surface area contributed by atoms with Crippen LogP contribution >= 0.6 is 0 Å². The van der Waals surface area contributed by atoms with Crippen molar-refractivity contribution in [2.45, 2.75) is 6.04 Å². The van der Waals surface area contributed by atoms with Gasteiger partial charge in [0.05, 0.1) is 18.4 Å². The van der Waals surface area contributed by atoms with Crippen LogP contribution in [0.25, 0.3) is 11.3 Å². The number of hydrogen-bond acceptors (Lipinski definition) is 7. The third kappa shape index (κ3) is 3.61. The monoisotopic (exact) mass is 453 g/mol. The summed E-state index contributed by atoms with van der Waals surface area (Å²) in [5.74, 6) is -1.16. The van der Waals surface area contributed by atoms with Gasteiger partial charge in [-0.3, -0.25) is 19.5 Å². The Bertz CT molecular complexity index is 1360. The molecule has 4 aromatic rings. The highest BCUT2D eigenvalue weighted by Gasteiger charge is 2.45. The van der Waals surface area contributed by atoms with Crippen LogP contribution in [0, 0.1) is 0 Å². The Morgan fingerprint density at radius 1 is 1.03 bits per heavy atom. The van der Waals surface area contributed by atoms with Crippen LogP contribution in [0.3, 0.4) is 0 Å². The molecule has 5 rings (SSSR count). The predicted molar refractivity (Wildman–Crippen MR) is 123 cm³/mol. The molecule has 1 atom stereocenters. The minimum atomic E-state index is -0.902. The maximum absolute atomic E-state index is 13.5. The molecule has 3 heterocycles. The van der Waals surface area contributed by atoms with Crippen LogP contribution in [-0.4, -0.2) is 34.0 Å². The van der Waals surface area contributed by atoms with Crippen molar-refractivity contribution < 1.29 is 24.0 Å². The molecule has 2 aromatic heterocycles. The average molecular weight is 453 g/mol. The second-order valence-corrected chi connectivity index (χ2v) is 7.58. The first-order valence-electron chi connectivity index (χ1n) is 10.5. The summed E-state index contributed by atoms with van der Waals surface area (Å²) in [5.41, 5.74) is 2.69. The fourth-order valence-corrected chi connectivity index (χ4v) is 3.97. The maximum atomic E-state index is 13.5. The van der Waals surface area contributed by atoms with Crippen molar-refractivity contribution in [2.75, 3.05) is 12.0 Å². The number of aromatic nitrogens is 2. The third-order valence-electron chi connectivity index (χ3n) is 5.65. The van der Waals surface area contributed by atoms with E-state index in [9.17, 15) is 14.7 Å². The summed E-state index contributed by atoms with van der Waals surface area (Å²) in [7, 11) is 1.53. The van der Waals surface area contributed by atoms with Crippen LogP contribution in [0.2, 0.25) is 0 Å². The molecule has 1 amide bonds. The lowest BCUT2D eigenvalue weighted by molar-refractivity contribution is -0.117. The second-order valence-electron chi connectivity index (χ2n) is 7.58. The SMILES string of the molecule is COc1ccc(C(=O)C2=C(O)C(=O)N(c3ccc(-c4ccon4)cc3)C2c2ccccn2)cc1. The van der Waals surface area contributed by atoms with Crippen molar-refractivity contribution in [3.05, 3.63) is 108 Å². The second kappa shape index (κ2) is 8.67. The van der Waals surface area contributed by atoms with Gasteiger partial charge in [0.15, 0.2) is 11.5 Å². The number of benzene rings is 2. The van der Waals surface area contributed by atoms with Gasteiger partial charge < -0.3 is 14.4 Å². The van der Waals surface area contributed by atoms with Crippen molar-refractivity contribution in [3.8, 4) is 17.0 Å². The highest BCUT2D eigenvalue weighted by Crippen LogP contribution is 2.41. The van der Waals surface area contributed by atoms with E-state index < -0.39 is 23.5 Å². The molecule has 0 aliphatic carbocycles. The Morgan fingerprint density at radius 3 is 2.41 bits per heavy atom. The predicted octanol–water partition coefficient (Wildman–Crippen LogP) is 4.53. The van der Waals surface area contributed by atoms with Gasteiger partial charge in [-0.15, -0.1) is 0 Å². The van der Waals surface area contributed by atoms with E-state index in [0.29, 0.717) is 28.4 Å². The quantitative estimate of drug-likeness (QED) is 0.428. The number of carbonyl (C=O) groups is 2. The lowest BCUT2D eigenvalue weighted by Gasteiger charge is -2.26. The van der Waals surface area contributed by atoms with Gasteiger partial charge in [-0.05, 0) is 48.5 Å². The maximum Gasteiger partial charge on any atom is 0.294 e. The zero-order valence-electron chi connectivity index (χ0n) is 18.1. The van der Waals surface area contributed by atoms with E-state index in [1.54, 1.807) is 79.0 Å². The molecular weight excluding hydrogens is 434 g/mol. The molecule has 0 saturated carbocycles. The molecule has 34 heavy (non-hydrogen) atoms. The summed E-state index contributed by atoms with van der Waals surface area (Å²) in [5, 5.41) is 14.8. The van der Waals surface area contributed by atoms with Gasteiger partial charge in [0.2, 0.25) is 0 Å². The number of hydrogen-bond donors (Lipinski definition) is 1. The zero-order valence-corrected chi connectivity index (χ0v) is 18.1. The van der Waals surface area contributed by atoms with E-state index in [1.165, 1.54) is 18.3 Å². The van der Waals surface area contributed by atoms with Crippen molar-refractivity contribution >= 4 is 17.4 Å². The fourth-order valence-electron chi connectivity index (χ4n) is 3.97. The van der Waals surface area contributed by atoms with Crippen molar-refractivity contribution in [1.82, 2.24) is 10.1 Å². The molecule has 1 unspecified atom stereocenters. The summed E-state index contributed by atoms with van der Waals surface area (Å²) in [6, 6.07) is 19.6. The number of amides is 1. The van der Waals surface area contributed by atoms with Gasteiger partial charge in [-0.1, -0.05) is 23.4 Å². The number of rotatable bonds is 6. The van der Waals surface area contributed by atoms with Gasteiger partial charge in [0.1, 0.15) is 23.7 Å². The molecule has 8 heteroatoms. The Hall–Kier alpha value is -4.72. The number of pyridine rings is 1. The number of carbonyl (C=O) groups excluding carboxylic acids is 2. The molecular formula is C26H19N3O5. The molecule has 2 aromatic carbocycles. The van der Waals surface area contributed by atoms with Crippen LogP contribution < -0.4 is 9.64 Å². The van der Waals surface area contributed by atoms with Crippen LogP contribution in [0.15, 0.2) is 101 Å². The summed E-state index contributed by atoms with van der Waals surface area (Å²) in [4.78, 5) is 32.5. The lowest BCUT2D eigenvalue weighted by atomic mass is 9.95. The highest BCUT2D eigenvalue weighted by molar-refractivity contribution is 6.20. The number of aliphatic hydroxyl groups excluding tert-OH is 1. The van der Waals surface area contributed by atoms with Gasteiger partial charge in [-0.25, -0.2) is 0 Å². The normalized spacial score (nSPS) is 15.6. The third-order valence-corrected chi connectivity index (χ3v) is 5.65. The van der Waals surface area contributed by atoms with Gasteiger partial charge in [0.25, 0.3) is 5.91 Å². The van der Waals surface area contributed by atoms with E-state index in [0.717, 1.165) is 5.56 Å². The molecule has 0 bridgehead atoms. The largest absolute Gasteiger partial charge is 0.503 e. The summed E-state index contributed by atoms with van der Waals surface area (Å²) >= 11 is 0. The summed E-state index contributed by atoms with van der Waals surface area (Å²) < 4.78 is 10.1. The molecule has 1 aliphatic heterocycles. The van der Waals surface area contributed by atoms with E-state index in [4.69, 9.17) is 9.26 Å². The molecule has 8 nitrogen and oxygen atoms in total. The first-order chi connectivity index (χ1) is 16.6. The average Bonchev–Trinajstić information content (AvgIpc) is 3.52. The number of Topliss-reactive ketones (excluding diaryl/α,β-unsaturated/α-hetero) is 1. The number of aliphatic hydroxyl groups is 1. The van der Waals surface area contributed by atoms with Gasteiger partial charge in [0, 0.05) is 29.1 Å². The number of methoxy groups -OCH3 is 1. The molecule has 0 radical (unpaired) electrons. The smallest absolute Gasteiger partial charge is 0.294 e. The number of anilines is 1. The van der Waals surface area contributed by atoms with Crippen molar-refractivity contribution in [2.24, 2.45) is 0 Å². The minimum Gasteiger partial charge on any atom is -0.503 e. The van der Waals surface area contributed by atoms with Crippen molar-refractivity contribution in [3.63, 3.8) is 0 Å². The lowest BCUT2D eigenvalue weighted by Crippen LogP contribution is -2.31. The van der Waals surface area contributed by atoms with Crippen LogP contribution in [0.4, 0.5) is 5.69 Å². The van der Waals surface area contributed by atoms with Crippen LogP contribution in [-0.2, 0) is 4.79 Å². The minimum absolute atomic E-state index is 0.0329. The van der Waals surface area contributed by atoms with E-state index in [-0.39, 0.29) is 5.57 Å². The standard InChI is InChI=1S/C26H19N3O5/c1-33-19-11-7-17(8-12-19)24(30)22-23(21-4-2-3-14-27-21)29(26(32)25(22)31)18-9-5-16(6-10-18)20-13-15-34-28-20/h2-15,23,31H,1H3. The number of ketones is 1. The van der Waals surface area contributed by atoms with Crippen LogP contribution in [0.1, 0.15) is 22.1 Å². The number of ether oxygens (including phenoxy) is 1. The molecule has 0 spiro atoms. The highest BCUT2D eigenvalue weighted by atomic mass is 16.5. The topological polar surface area (TPSA) is 106 Å². The van der Waals surface area contributed by atoms with Crippen molar-refractivity contribution in [1.29, 1.82) is 0 Å². The Labute approximate surface area is 194 Å². The van der Waals surface area contributed by atoms with E-state index in [1.807, 2.05) is 0 Å². The Balaban J connectivity index is 1.57. The Morgan fingerprint density at radius 2 is 1.79 bits per heavy atom. The summed E-state index contributed by atoms with van der Waals surface area (Å²) in [6.07, 6.45) is 3.06. The summed E-state index contributed by atoms with van der Waals surface area (Å²) in [6.45, 7) is 0. The van der Waals surface area contributed by atoms with Gasteiger partial charge in [-0.2, -0.15) is 0 Å². The molecule has 0 fully saturated rings. The molecule has 1 N–H and O–H groups in total. The zero-order chi connectivity index (χ0) is 23.7. The molecule has 1 aliphatic rings. The molecule has 0 saturated heterocycles. The van der Waals surface area contributed by atoms with Gasteiger partial charge >= 0.3 is 0 Å². The first-order valence-corrected chi connectivity index (χ1v) is 10.5. The number of nitrogens with zero attached hydrogens (tertiary/aromatic N) is 3. The first kappa shape index (κ1) is 21.1. The van der Waals surface area contributed by atoms with E-state index >= 15 is 0 Å². The fraction of sp³-hybridized carbons (Fsp3) is 0.0769. The van der Waals surface area contributed by atoms with Crippen LogP contribution in [0.5, 0.6) is 5.75 Å².